The average Bonchev–Trinajstić information content (AvgIpc) is 2.65. The summed E-state index contributed by atoms with van der Waals surface area (Å²) in [7, 11) is 1.57. The molecule has 0 amide bonds. The molecule has 0 saturated heterocycles. The summed E-state index contributed by atoms with van der Waals surface area (Å²) in [5, 5.41) is 4.67. The van der Waals surface area contributed by atoms with E-state index in [0.29, 0.717) is 38.7 Å². The minimum atomic E-state index is -0.392. The predicted molar refractivity (Wildman–Crippen MR) is 113 cm³/mol. The first-order valence-corrected chi connectivity index (χ1v) is 9.52. The van der Waals surface area contributed by atoms with Gasteiger partial charge in [0, 0.05) is 33.4 Å². The van der Waals surface area contributed by atoms with E-state index in [1.807, 2.05) is 12.1 Å². The molecule has 0 aliphatic rings. The molecule has 0 radical (unpaired) electrons. The number of para-hydroxylation sites is 1. The molecule has 0 atom stereocenters. The molecule has 0 spiro atoms. The van der Waals surface area contributed by atoms with Crippen molar-refractivity contribution in [2.24, 2.45) is 0 Å². The number of ether oxygens (including phenoxy) is 2. The molecule has 0 bridgehead atoms. The molecule has 28 heavy (non-hydrogen) atoms. The Balaban J connectivity index is 1.79. The number of hydrogen-bond acceptors (Lipinski definition) is 3. The smallest absolute Gasteiger partial charge is 0.166 e. The van der Waals surface area contributed by atoms with Crippen LogP contribution in [-0.2, 0) is 13.2 Å². The maximum atomic E-state index is 13.2. The summed E-state index contributed by atoms with van der Waals surface area (Å²) >= 11 is 18.2. The fraction of sp³-hybridized carbons (Fsp3) is 0.143. The Kier molecular flexibility index (Phi) is 6.89. The van der Waals surface area contributed by atoms with Gasteiger partial charge in [-0.3, -0.25) is 0 Å². The summed E-state index contributed by atoms with van der Waals surface area (Å²) < 4.78 is 24.6. The zero-order valence-electron chi connectivity index (χ0n) is 14.9. The van der Waals surface area contributed by atoms with E-state index >= 15 is 0 Å². The second kappa shape index (κ2) is 9.37. The molecule has 0 unspecified atom stereocenters. The van der Waals surface area contributed by atoms with Gasteiger partial charge in [-0.15, -0.1) is 0 Å². The molecular formula is C21H17Cl3FNO2. The van der Waals surface area contributed by atoms with Crippen LogP contribution in [0.15, 0.2) is 54.6 Å². The van der Waals surface area contributed by atoms with Gasteiger partial charge in [0.1, 0.15) is 12.4 Å². The molecule has 3 aromatic rings. The van der Waals surface area contributed by atoms with Crippen LogP contribution < -0.4 is 14.8 Å². The molecular weight excluding hydrogens is 424 g/mol. The third kappa shape index (κ3) is 5.22. The van der Waals surface area contributed by atoms with Crippen molar-refractivity contribution >= 4 is 40.5 Å². The Morgan fingerprint density at radius 1 is 0.929 bits per heavy atom. The number of nitrogens with one attached hydrogen (secondary N) is 1. The maximum absolute atomic E-state index is 13.2. The third-order valence-corrected chi connectivity index (χ3v) is 4.80. The first-order chi connectivity index (χ1) is 13.5. The van der Waals surface area contributed by atoms with Gasteiger partial charge in [0.2, 0.25) is 0 Å². The van der Waals surface area contributed by atoms with Gasteiger partial charge in [0.15, 0.2) is 11.5 Å². The Bertz CT molecular complexity index is 962. The van der Waals surface area contributed by atoms with E-state index in [1.54, 1.807) is 37.4 Å². The highest BCUT2D eigenvalue weighted by atomic mass is 35.5. The molecule has 0 fully saturated rings. The van der Waals surface area contributed by atoms with E-state index < -0.39 is 5.82 Å². The summed E-state index contributed by atoms with van der Waals surface area (Å²) in [5.41, 5.74) is 2.33. The second-order valence-electron chi connectivity index (χ2n) is 5.98. The van der Waals surface area contributed by atoms with Gasteiger partial charge in [0.25, 0.3) is 0 Å². The summed E-state index contributed by atoms with van der Waals surface area (Å²) in [6.07, 6.45) is 0. The van der Waals surface area contributed by atoms with Crippen LogP contribution in [0, 0.1) is 5.82 Å². The van der Waals surface area contributed by atoms with Crippen LogP contribution in [-0.4, -0.2) is 7.11 Å². The lowest BCUT2D eigenvalue weighted by atomic mass is 10.1. The Morgan fingerprint density at radius 3 is 2.36 bits per heavy atom. The number of benzene rings is 3. The van der Waals surface area contributed by atoms with Gasteiger partial charge in [-0.2, -0.15) is 0 Å². The van der Waals surface area contributed by atoms with Gasteiger partial charge in [-0.05, 0) is 36.4 Å². The summed E-state index contributed by atoms with van der Waals surface area (Å²) in [4.78, 5) is 0. The molecule has 1 N–H and O–H groups in total. The third-order valence-electron chi connectivity index (χ3n) is 4.01. The Hall–Kier alpha value is -2.14. The van der Waals surface area contributed by atoms with E-state index in [-0.39, 0.29) is 6.61 Å². The molecule has 3 nitrogen and oxygen atoms in total. The van der Waals surface area contributed by atoms with Gasteiger partial charge >= 0.3 is 0 Å². The number of rotatable bonds is 7. The van der Waals surface area contributed by atoms with Gasteiger partial charge in [-0.25, -0.2) is 4.39 Å². The van der Waals surface area contributed by atoms with E-state index in [4.69, 9.17) is 44.3 Å². The molecule has 7 heteroatoms. The van der Waals surface area contributed by atoms with Crippen molar-refractivity contribution < 1.29 is 13.9 Å². The van der Waals surface area contributed by atoms with E-state index in [9.17, 15) is 4.39 Å². The Morgan fingerprint density at radius 2 is 1.68 bits per heavy atom. The van der Waals surface area contributed by atoms with E-state index in [2.05, 4.69) is 5.32 Å². The SMILES string of the molecule is COc1cccc(CNc2cc(Cl)cc(Cl)c2)c1OCc1ccc(F)cc1Cl. The van der Waals surface area contributed by atoms with Crippen LogP contribution in [0.5, 0.6) is 11.5 Å². The molecule has 3 aromatic carbocycles. The summed E-state index contributed by atoms with van der Waals surface area (Å²) in [5.74, 6) is 0.767. The first kappa shape index (κ1) is 20.6. The van der Waals surface area contributed by atoms with Crippen LogP contribution in [0.2, 0.25) is 15.1 Å². The number of methoxy groups -OCH3 is 1. The largest absolute Gasteiger partial charge is 0.493 e. The lowest BCUT2D eigenvalue weighted by Crippen LogP contribution is -2.05. The molecule has 0 aliphatic heterocycles. The standard InChI is InChI=1S/C21H17Cl3FNO2/c1-27-20-4-2-3-13(11-26-18-8-15(22)7-16(23)9-18)21(20)28-12-14-5-6-17(25)10-19(14)24/h2-10,26H,11-12H2,1H3. The van der Waals surface area contributed by atoms with Crippen LogP contribution in [0.1, 0.15) is 11.1 Å². The van der Waals surface area contributed by atoms with Crippen molar-refractivity contribution in [3.05, 3.63) is 86.6 Å². The molecule has 3 rings (SSSR count). The van der Waals surface area contributed by atoms with E-state index in [0.717, 1.165) is 11.3 Å². The quantitative estimate of drug-likeness (QED) is 0.429. The van der Waals surface area contributed by atoms with Crippen LogP contribution in [0.4, 0.5) is 10.1 Å². The molecule has 0 aromatic heterocycles. The normalized spacial score (nSPS) is 10.6. The minimum Gasteiger partial charge on any atom is -0.493 e. The van der Waals surface area contributed by atoms with Crippen molar-refractivity contribution in [2.75, 3.05) is 12.4 Å². The van der Waals surface area contributed by atoms with Crippen molar-refractivity contribution in [3.8, 4) is 11.5 Å². The monoisotopic (exact) mass is 439 g/mol. The maximum Gasteiger partial charge on any atom is 0.166 e. The fourth-order valence-corrected chi connectivity index (χ4v) is 3.41. The van der Waals surface area contributed by atoms with Crippen LogP contribution in [0.25, 0.3) is 0 Å². The highest BCUT2D eigenvalue weighted by molar-refractivity contribution is 6.35. The highest BCUT2D eigenvalue weighted by Gasteiger charge is 2.12. The van der Waals surface area contributed by atoms with Crippen molar-refractivity contribution in [3.63, 3.8) is 0 Å². The lowest BCUT2D eigenvalue weighted by molar-refractivity contribution is 0.281. The minimum absolute atomic E-state index is 0.176. The average molecular weight is 441 g/mol. The van der Waals surface area contributed by atoms with Gasteiger partial charge < -0.3 is 14.8 Å². The Labute approximate surface area is 177 Å². The van der Waals surface area contributed by atoms with E-state index in [1.165, 1.54) is 12.1 Å². The first-order valence-electron chi connectivity index (χ1n) is 8.39. The van der Waals surface area contributed by atoms with Crippen LogP contribution >= 0.6 is 34.8 Å². The zero-order chi connectivity index (χ0) is 20.1. The van der Waals surface area contributed by atoms with Crippen LogP contribution in [0.3, 0.4) is 0 Å². The summed E-state index contributed by atoms with van der Waals surface area (Å²) in [6, 6.07) is 15.0. The molecule has 0 heterocycles. The highest BCUT2D eigenvalue weighted by Crippen LogP contribution is 2.33. The number of halogens is 4. The van der Waals surface area contributed by atoms with Crippen molar-refractivity contribution in [1.82, 2.24) is 0 Å². The number of hydrogen-bond donors (Lipinski definition) is 1. The van der Waals surface area contributed by atoms with Gasteiger partial charge in [0.05, 0.1) is 12.1 Å². The second-order valence-corrected chi connectivity index (χ2v) is 7.26. The predicted octanol–water partition coefficient (Wildman–Crippen LogP) is 6.99. The van der Waals surface area contributed by atoms with Crippen molar-refractivity contribution in [2.45, 2.75) is 13.2 Å². The lowest BCUT2D eigenvalue weighted by Gasteiger charge is -2.16. The number of anilines is 1. The van der Waals surface area contributed by atoms with Gasteiger partial charge in [-0.1, -0.05) is 53.0 Å². The molecule has 146 valence electrons. The fourth-order valence-electron chi connectivity index (χ4n) is 2.67. The molecule has 0 aliphatic carbocycles. The summed E-state index contributed by atoms with van der Waals surface area (Å²) in [6.45, 7) is 0.635. The van der Waals surface area contributed by atoms with Crippen molar-refractivity contribution in [1.29, 1.82) is 0 Å². The zero-order valence-corrected chi connectivity index (χ0v) is 17.2. The topological polar surface area (TPSA) is 30.5 Å². The molecule has 0 saturated carbocycles.